The number of aryl methyl sites for hydroxylation is 2. The van der Waals surface area contributed by atoms with Crippen LogP contribution in [0, 0.1) is 12.7 Å². The van der Waals surface area contributed by atoms with Crippen molar-refractivity contribution in [2.45, 2.75) is 131 Å². The smallest absolute Gasteiger partial charge is 0.214 e. The fraction of sp³-hybridized carbons (Fsp3) is 0.447. The topological polar surface area (TPSA) is 21.2 Å². The molecule has 3 nitrogen and oxygen atoms in total. The Balaban J connectivity index is 1.67. The normalized spacial score (nSPS) is 13.5. The lowest BCUT2D eigenvalue weighted by atomic mass is 9.74. The summed E-state index contributed by atoms with van der Waals surface area (Å²) in [5, 5.41) is 1.44. The van der Waals surface area contributed by atoms with E-state index in [9.17, 15) is 0 Å². The van der Waals surface area contributed by atoms with Gasteiger partial charge in [-0.05, 0) is 68.0 Å². The Bertz CT molecular complexity index is 2390. The molecule has 3 aromatic carbocycles. The molecule has 3 aromatic heterocycles. The van der Waals surface area contributed by atoms with E-state index in [0.717, 1.165) is 37.6 Å². The van der Waals surface area contributed by atoms with Crippen molar-refractivity contribution in [1.82, 2.24) is 9.38 Å². The predicted octanol–water partition coefficient (Wildman–Crippen LogP) is 12.6. The monoisotopic (exact) mass is 746 g/mol. The SMILES string of the molecule is Cc1cc(F)c2c(sc3c(-c4ccc([Si](C)(C)C)cc4C(C)(C)C)ncn32)c1-c1cc(-c2ccc(C(C)(C)C)cc2C(C)(C)C)c(C(C)(C)C)c[n+]1C. The average Bonchev–Trinajstić information content (AvgIpc) is 3.58. The zero-order valence-corrected chi connectivity index (χ0v) is 37.2. The molecule has 0 atom stereocenters. The van der Waals surface area contributed by atoms with Crippen LogP contribution in [0.25, 0.3) is 48.7 Å². The number of hydrogen-bond donors (Lipinski definition) is 0. The van der Waals surface area contributed by atoms with E-state index >= 15 is 4.39 Å². The third kappa shape index (κ3) is 7.07. The number of rotatable bonds is 4. The van der Waals surface area contributed by atoms with Crippen molar-refractivity contribution >= 4 is 39.6 Å². The Morgan fingerprint density at radius 2 is 1.28 bits per heavy atom. The molecule has 0 fully saturated rings. The lowest BCUT2D eigenvalue weighted by molar-refractivity contribution is -0.660. The summed E-state index contributed by atoms with van der Waals surface area (Å²) in [6.45, 7) is 36.8. The second kappa shape index (κ2) is 12.7. The highest BCUT2D eigenvalue weighted by Crippen LogP contribution is 2.45. The zero-order chi connectivity index (χ0) is 39.4. The third-order valence-corrected chi connectivity index (χ3v) is 14.1. The molecular weight excluding hydrogens is 686 g/mol. The molecule has 53 heavy (non-hydrogen) atoms. The summed E-state index contributed by atoms with van der Waals surface area (Å²) < 4.78 is 21.5. The average molecular weight is 747 g/mol. The molecule has 6 heteroatoms. The summed E-state index contributed by atoms with van der Waals surface area (Å²) in [6, 6.07) is 18.1. The van der Waals surface area contributed by atoms with E-state index in [2.05, 4.69) is 170 Å². The van der Waals surface area contributed by atoms with Crippen LogP contribution in [0.2, 0.25) is 19.6 Å². The molecule has 0 N–H and O–H groups in total. The Morgan fingerprint density at radius 3 is 1.85 bits per heavy atom. The highest BCUT2D eigenvalue weighted by atomic mass is 32.1. The first kappa shape index (κ1) is 39.1. The summed E-state index contributed by atoms with van der Waals surface area (Å²) in [6.07, 6.45) is 4.14. The second-order valence-electron chi connectivity index (χ2n) is 20.5. The molecule has 0 aliphatic rings. The third-order valence-electron chi connectivity index (χ3n) is 10.8. The van der Waals surface area contributed by atoms with Crippen LogP contribution in [0.3, 0.4) is 0 Å². The van der Waals surface area contributed by atoms with Crippen molar-refractivity contribution in [3.05, 3.63) is 94.7 Å². The van der Waals surface area contributed by atoms with Crippen LogP contribution in [-0.2, 0) is 28.7 Å². The van der Waals surface area contributed by atoms with Gasteiger partial charge in [-0.25, -0.2) is 13.9 Å². The zero-order valence-electron chi connectivity index (χ0n) is 35.4. The second-order valence-corrected chi connectivity index (χ2v) is 26.5. The van der Waals surface area contributed by atoms with Crippen molar-refractivity contribution in [3.8, 4) is 33.6 Å². The van der Waals surface area contributed by atoms with Crippen molar-refractivity contribution in [1.29, 1.82) is 0 Å². The molecule has 0 amide bonds. The summed E-state index contributed by atoms with van der Waals surface area (Å²) in [7, 11) is 0.597. The van der Waals surface area contributed by atoms with E-state index in [0.29, 0.717) is 5.52 Å². The van der Waals surface area contributed by atoms with Crippen LogP contribution in [0.5, 0.6) is 0 Å². The fourth-order valence-corrected chi connectivity index (χ4v) is 10.2. The van der Waals surface area contributed by atoms with Crippen LogP contribution in [0.1, 0.15) is 111 Å². The Hall–Kier alpha value is -3.61. The van der Waals surface area contributed by atoms with Gasteiger partial charge in [-0.1, -0.05) is 144 Å². The maximum atomic E-state index is 16.3. The van der Waals surface area contributed by atoms with Crippen molar-refractivity contribution in [2.24, 2.45) is 7.05 Å². The van der Waals surface area contributed by atoms with Gasteiger partial charge in [0.1, 0.15) is 35.2 Å². The van der Waals surface area contributed by atoms with Crippen LogP contribution in [-0.4, -0.2) is 17.5 Å². The van der Waals surface area contributed by atoms with Crippen LogP contribution >= 0.6 is 11.3 Å². The highest BCUT2D eigenvalue weighted by Gasteiger charge is 2.32. The number of nitrogens with zero attached hydrogens (tertiary/aromatic N) is 3. The van der Waals surface area contributed by atoms with Gasteiger partial charge in [0.25, 0.3) is 0 Å². The highest BCUT2D eigenvalue weighted by molar-refractivity contribution is 7.25. The van der Waals surface area contributed by atoms with Gasteiger partial charge in [-0.2, -0.15) is 0 Å². The van der Waals surface area contributed by atoms with Gasteiger partial charge in [0.2, 0.25) is 5.69 Å². The largest absolute Gasteiger partial charge is 0.286 e. The van der Waals surface area contributed by atoms with Gasteiger partial charge in [-0.3, -0.25) is 4.40 Å². The lowest BCUT2D eigenvalue weighted by Crippen LogP contribution is -2.38. The number of pyridine rings is 1. The van der Waals surface area contributed by atoms with E-state index in [-0.39, 0.29) is 27.5 Å². The summed E-state index contributed by atoms with van der Waals surface area (Å²) in [5.74, 6) is -0.219. The van der Waals surface area contributed by atoms with Gasteiger partial charge in [0.05, 0.1) is 18.3 Å². The molecule has 280 valence electrons. The number of hydrogen-bond acceptors (Lipinski definition) is 2. The molecule has 6 rings (SSSR count). The number of thiazole rings is 1. The maximum Gasteiger partial charge on any atom is 0.214 e. The molecule has 0 unspecified atom stereocenters. The summed E-state index contributed by atoms with van der Waals surface area (Å²) in [5.41, 5.74) is 13.2. The Labute approximate surface area is 323 Å². The minimum atomic E-state index is -1.54. The van der Waals surface area contributed by atoms with E-state index in [1.165, 1.54) is 38.6 Å². The predicted molar refractivity (Wildman–Crippen MR) is 231 cm³/mol. The Morgan fingerprint density at radius 1 is 0.698 bits per heavy atom. The molecule has 0 spiro atoms. The minimum Gasteiger partial charge on any atom is -0.286 e. The van der Waals surface area contributed by atoms with Crippen LogP contribution in [0.4, 0.5) is 4.39 Å². The molecule has 0 radical (unpaired) electrons. The first-order valence-corrected chi connectivity index (χ1v) is 23.4. The van der Waals surface area contributed by atoms with E-state index in [1.807, 2.05) is 10.7 Å². The van der Waals surface area contributed by atoms with E-state index < -0.39 is 8.07 Å². The first-order chi connectivity index (χ1) is 24.2. The quantitative estimate of drug-likeness (QED) is 0.130. The van der Waals surface area contributed by atoms with Crippen LogP contribution < -0.4 is 9.75 Å². The maximum absolute atomic E-state index is 16.3. The first-order valence-electron chi connectivity index (χ1n) is 19.1. The molecule has 0 aliphatic carbocycles. The van der Waals surface area contributed by atoms with E-state index in [4.69, 9.17) is 4.98 Å². The molecule has 0 aliphatic heterocycles. The number of aromatic nitrogens is 3. The van der Waals surface area contributed by atoms with Gasteiger partial charge in [0.15, 0.2) is 6.20 Å². The summed E-state index contributed by atoms with van der Waals surface area (Å²) >= 11 is 1.66. The standard InChI is InChI=1S/C47H61FN3SSi/c1-28-22-37(48)41-42(52-43-40(49-27-51(41)43)32-21-19-30(53(15,16)17)24-35(32)46(8,9)10)39(28)38-25-33(36(26-50(38)14)47(11,12)13)31-20-18-29(44(2,3)4)23-34(31)45(5,6)7/h18-27H,1-17H3/q+1. The van der Waals surface area contributed by atoms with Crippen LogP contribution in [0.15, 0.2) is 61.1 Å². The molecule has 0 saturated heterocycles. The molecular formula is C47H61FN3SSi+. The van der Waals surface area contributed by atoms with Gasteiger partial charge in [0, 0.05) is 17.2 Å². The van der Waals surface area contributed by atoms with E-state index in [1.54, 1.807) is 17.4 Å². The fourth-order valence-electron chi connectivity index (χ4n) is 7.68. The van der Waals surface area contributed by atoms with Crippen molar-refractivity contribution < 1.29 is 8.96 Å². The van der Waals surface area contributed by atoms with Gasteiger partial charge < -0.3 is 0 Å². The number of benzene rings is 3. The molecule has 3 heterocycles. The number of halogens is 1. The van der Waals surface area contributed by atoms with Gasteiger partial charge >= 0.3 is 0 Å². The number of imidazole rings is 1. The lowest BCUT2D eigenvalue weighted by Gasteiger charge is -2.30. The molecule has 0 bridgehead atoms. The van der Waals surface area contributed by atoms with Gasteiger partial charge in [-0.15, -0.1) is 11.3 Å². The molecule has 6 aromatic rings. The summed E-state index contributed by atoms with van der Waals surface area (Å²) in [4.78, 5) is 5.96. The number of fused-ring (bicyclic) bond motifs is 3. The molecule has 0 saturated carbocycles. The minimum absolute atomic E-state index is 0.0386. The van der Waals surface area contributed by atoms with Crippen molar-refractivity contribution in [2.75, 3.05) is 0 Å². The Kier molecular flexibility index (Phi) is 9.39. The van der Waals surface area contributed by atoms with Crippen molar-refractivity contribution in [3.63, 3.8) is 0 Å².